The molecule has 90 valence electrons. The highest BCUT2D eigenvalue weighted by atomic mass is 35.5. The maximum atomic E-state index is 5.66. The number of nitrogen functional groups attached to an aromatic ring is 1. The van der Waals surface area contributed by atoms with E-state index in [1.54, 1.807) is 0 Å². The number of unbranched alkanes of at least 4 members (excludes halogenated alkanes) is 1. The van der Waals surface area contributed by atoms with Crippen molar-refractivity contribution in [3.63, 3.8) is 0 Å². The van der Waals surface area contributed by atoms with Crippen LogP contribution in [0.5, 0.6) is 0 Å². The van der Waals surface area contributed by atoms with E-state index in [-0.39, 0.29) is 5.28 Å². The Kier molecular flexibility index (Phi) is 5.88. The second kappa shape index (κ2) is 7.24. The zero-order chi connectivity index (χ0) is 11.8. The molecule has 5 nitrogen and oxygen atoms in total. The molecule has 0 aliphatic rings. The third kappa shape index (κ3) is 4.63. The minimum Gasteiger partial charge on any atom is -0.394 e. The molecular formula is C10H17ClN4O. The van der Waals surface area contributed by atoms with Gasteiger partial charge in [0, 0.05) is 13.2 Å². The van der Waals surface area contributed by atoms with Crippen molar-refractivity contribution in [3.05, 3.63) is 11.5 Å². The summed E-state index contributed by atoms with van der Waals surface area (Å²) in [6.07, 6.45) is 3.71. The van der Waals surface area contributed by atoms with E-state index < -0.39 is 0 Å². The van der Waals surface area contributed by atoms with Crippen molar-refractivity contribution in [1.82, 2.24) is 9.97 Å². The van der Waals surface area contributed by atoms with Gasteiger partial charge in [-0.05, 0) is 18.0 Å². The summed E-state index contributed by atoms with van der Waals surface area (Å²) in [5.41, 5.74) is 6.15. The van der Waals surface area contributed by atoms with Crippen molar-refractivity contribution >= 4 is 23.1 Å². The number of nitrogens with one attached hydrogen (secondary N) is 1. The molecule has 0 aliphatic carbocycles. The Balaban J connectivity index is 2.23. The second-order valence-corrected chi connectivity index (χ2v) is 3.67. The van der Waals surface area contributed by atoms with Crippen molar-refractivity contribution in [2.75, 3.05) is 30.8 Å². The van der Waals surface area contributed by atoms with Crippen LogP contribution in [0.3, 0.4) is 0 Å². The third-order valence-corrected chi connectivity index (χ3v) is 2.15. The van der Waals surface area contributed by atoms with Gasteiger partial charge in [0.05, 0.1) is 18.5 Å². The topological polar surface area (TPSA) is 73.1 Å². The molecule has 16 heavy (non-hydrogen) atoms. The average Bonchev–Trinajstić information content (AvgIpc) is 2.28. The van der Waals surface area contributed by atoms with E-state index in [1.807, 2.05) is 0 Å². The summed E-state index contributed by atoms with van der Waals surface area (Å²) < 4.78 is 5.39. The SMILES string of the molecule is CCCCOCCNc1nc(Cl)ncc1N. The fourth-order valence-electron chi connectivity index (χ4n) is 1.10. The van der Waals surface area contributed by atoms with Crippen molar-refractivity contribution in [2.45, 2.75) is 19.8 Å². The molecule has 1 aromatic heterocycles. The molecule has 0 aliphatic heterocycles. The highest BCUT2D eigenvalue weighted by molar-refractivity contribution is 6.28. The van der Waals surface area contributed by atoms with Gasteiger partial charge in [0.15, 0.2) is 5.82 Å². The summed E-state index contributed by atoms with van der Waals surface area (Å²) in [6.45, 7) is 4.20. The monoisotopic (exact) mass is 244 g/mol. The lowest BCUT2D eigenvalue weighted by Crippen LogP contribution is -2.12. The van der Waals surface area contributed by atoms with Crippen molar-refractivity contribution in [1.29, 1.82) is 0 Å². The first-order valence-corrected chi connectivity index (χ1v) is 5.71. The van der Waals surface area contributed by atoms with Gasteiger partial charge in [-0.1, -0.05) is 13.3 Å². The van der Waals surface area contributed by atoms with Crippen LogP contribution in [0.2, 0.25) is 5.28 Å². The summed E-state index contributed by atoms with van der Waals surface area (Å²) in [5.74, 6) is 0.555. The van der Waals surface area contributed by atoms with Gasteiger partial charge in [0.2, 0.25) is 5.28 Å². The van der Waals surface area contributed by atoms with Crippen molar-refractivity contribution < 1.29 is 4.74 Å². The number of hydrogen-bond acceptors (Lipinski definition) is 5. The Bertz CT molecular complexity index is 322. The van der Waals surface area contributed by atoms with Gasteiger partial charge in [-0.15, -0.1) is 0 Å². The first-order chi connectivity index (χ1) is 7.74. The molecule has 0 bridgehead atoms. The number of hydrogen-bond donors (Lipinski definition) is 2. The molecule has 0 amide bonds. The molecule has 0 saturated carbocycles. The third-order valence-electron chi connectivity index (χ3n) is 1.97. The fraction of sp³-hybridized carbons (Fsp3) is 0.600. The predicted octanol–water partition coefficient (Wildman–Crippen LogP) is 1.94. The molecule has 6 heteroatoms. The van der Waals surface area contributed by atoms with Crippen LogP contribution in [0.25, 0.3) is 0 Å². The van der Waals surface area contributed by atoms with Gasteiger partial charge in [-0.2, -0.15) is 4.98 Å². The molecule has 1 aromatic rings. The van der Waals surface area contributed by atoms with E-state index in [0.717, 1.165) is 19.4 Å². The van der Waals surface area contributed by atoms with Crippen molar-refractivity contribution in [2.24, 2.45) is 0 Å². The molecule has 0 unspecified atom stereocenters. The highest BCUT2D eigenvalue weighted by Gasteiger charge is 2.01. The number of aromatic nitrogens is 2. The van der Waals surface area contributed by atoms with Crippen LogP contribution in [-0.2, 0) is 4.74 Å². The molecule has 3 N–H and O–H groups in total. The first kappa shape index (κ1) is 13.0. The number of ether oxygens (including phenoxy) is 1. The van der Waals surface area contributed by atoms with Crippen LogP contribution in [0.4, 0.5) is 11.5 Å². The van der Waals surface area contributed by atoms with Gasteiger partial charge in [-0.25, -0.2) is 4.98 Å². The van der Waals surface area contributed by atoms with Gasteiger partial charge in [0.25, 0.3) is 0 Å². The first-order valence-electron chi connectivity index (χ1n) is 5.33. The molecule has 0 saturated heterocycles. The van der Waals surface area contributed by atoms with Crippen LogP contribution < -0.4 is 11.1 Å². The summed E-state index contributed by atoms with van der Waals surface area (Å²) >= 11 is 5.65. The Morgan fingerprint density at radius 3 is 3.06 bits per heavy atom. The van der Waals surface area contributed by atoms with E-state index in [9.17, 15) is 0 Å². The molecule has 1 heterocycles. The average molecular weight is 245 g/mol. The smallest absolute Gasteiger partial charge is 0.224 e. The van der Waals surface area contributed by atoms with Crippen LogP contribution in [-0.4, -0.2) is 29.7 Å². The number of nitrogens with zero attached hydrogens (tertiary/aromatic N) is 2. The summed E-state index contributed by atoms with van der Waals surface area (Å²) in [5, 5.41) is 3.23. The Morgan fingerprint density at radius 2 is 2.31 bits per heavy atom. The minimum atomic E-state index is 0.184. The van der Waals surface area contributed by atoms with Gasteiger partial charge >= 0.3 is 0 Å². The molecule has 1 rings (SSSR count). The highest BCUT2D eigenvalue weighted by Crippen LogP contribution is 2.14. The Hall–Kier alpha value is -1.07. The molecule has 0 radical (unpaired) electrons. The fourth-order valence-corrected chi connectivity index (χ4v) is 1.23. The van der Waals surface area contributed by atoms with Crippen LogP contribution in [0.15, 0.2) is 6.20 Å². The summed E-state index contributed by atoms with van der Waals surface area (Å²) in [6, 6.07) is 0. The van der Waals surface area contributed by atoms with E-state index in [0.29, 0.717) is 24.7 Å². The molecular weight excluding hydrogens is 228 g/mol. The maximum Gasteiger partial charge on any atom is 0.224 e. The largest absolute Gasteiger partial charge is 0.394 e. The number of halogens is 1. The molecule has 0 aromatic carbocycles. The Labute approximate surface area is 100 Å². The normalized spacial score (nSPS) is 10.4. The maximum absolute atomic E-state index is 5.66. The zero-order valence-corrected chi connectivity index (χ0v) is 10.1. The van der Waals surface area contributed by atoms with Gasteiger partial charge < -0.3 is 15.8 Å². The standard InChI is InChI=1S/C10H17ClN4O/c1-2-3-5-16-6-4-13-9-8(12)7-14-10(11)15-9/h7H,2-6,12H2,1H3,(H,13,14,15). The van der Waals surface area contributed by atoms with Crippen LogP contribution in [0, 0.1) is 0 Å². The van der Waals surface area contributed by atoms with E-state index in [4.69, 9.17) is 22.1 Å². The lowest BCUT2D eigenvalue weighted by Gasteiger charge is -2.08. The number of anilines is 2. The molecule has 0 atom stereocenters. The summed E-state index contributed by atoms with van der Waals surface area (Å²) in [4.78, 5) is 7.74. The van der Waals surface area contributed by atoms with Crippen molar-refractivity contribution in [3.8, 4) is 0 Å². The lowest BCUT2D eigenvalue weighted by atomic mass is 10.4. The zero-order valence-electron chi connectivity index (χ0n) is 9.37. The van der Waals surface area contributed by atoms with E-state index in [1.165, 1.54) is 6.20 Å². The summed E-state index contributed by atoms with van der Waals surface area (Å²) in [7, 11) is 0. The van der Waals surface area contributed by atoms with E-state index in [2.05, 4.69) is 22.2 Å². The van der Waals surface area contributed by atoms with Crippen LogP contribution >= 0.6 is 11.6 Å². The van der Waals surface area contributed by atoms with E-state index >= 15 is 0 Å². The van der Waals surface area contributed by atoms with Gasteiger partial charge in [0.1, 0.15) is 0 Å². The predicted molar refractivity (Wildman–Crippen MR) is 65.7 cm³/mol. The quantitative estimate of drug-likeness (QED) is 0.567. The minimum absolute atomic E-state index is 0.184. The lowest BCUT2D eigenvalue weighted by molar-refractivity contribution is 0.141. The molecule has 0 spiro atoms. The second-order valence-electron chi connectivity index (χ2n) is 3.34. The number of rotatable bonds is 7. The Morgan fingerprint density at radius 1 is 1.50 bits per heavy atom. The van der Waals surface area contributed by atoms with Crippen LogP contribution in [0.1, 0.15) is 19.8 Å². The number of nitrogens with two attached hydrogens (primary N) is 1. The molecule has 0 fully saturated rings. The van der Waals surface area contributed by atoms with Gasteiger partial charge in [-0.3, -0.25) is 0 Å².